The van der Waals surface area contributed by atoms with Crippen LogP contribution >= 0.6 is 27.7 Å². The van der Waals surface area contributed by atoms with Crippen LogP contribution in [-0.4, -0.2) is 47.9 Å². The zero-order valence-corrected chi connectivity index (χ0v) is 14.0. The van der Waals surface area contributed by atoms with Crippen LogP contribution in [-0.2, 0) is 10.0 Å². The van der Waals surface area contributed by atoms with Crippen molar-refractivity contribution in [3.63, 3.8) is 0 Å². The summed E-state index contributed by atoms with van der Waals surface area (Å²) in [7, 11) is -3.67. The molecule has 1 aromatic rings. The highest BCUT2D eigenvalue weighted by atomic mass is 79.9. The van der Waals surface area contributed by atoms with Gasteiger partial charge in [0.2, 0.25) is 10.0 Å². The first-order chi connectivity index (χ1) is 9.32. The molecule has 0 saturated carbocycles. The van der Waals surface area contributed by atoms with Crippen molar-refractivity contribution in [1.82, 2.24) is 4.31 Å². The summed E-state index contributed by atoms with van der Waals surface area (Å²) in [4.78, 5) is 11.0. The number of aromatic carboxylic acids is 1. The van der Waals surface area contributed by atoms with Gasteiger partial charge in [-0.2, -0.15) is 16.1 Å². The molecule has 0 aliphatic carbocycles. The minimum Gasteiger partial charge on any atom is -0.478 e. The lowest BCUT2D eigenvalue weighted by Crippen LogP contribution is -2.41. The fourth-order valence-electron chi connectivity index (χ4n) is 1.98. The second kappa shape index (κ2) is 6.05. The second-order valence-corrected chi connectivity index (χ2v) is 8.80. The number of hydrogen-bond acceptors (Lipinski definition) is 4. The van der Waals surface area contributed by atoms with Gasteiger partial charge in [-0.25, -0.2) is 13.2 Å². The molecule has 1 aromatic carbocycles. The number of benzene rings is 1. The molecule has 0 bridgehead atoms. The van der Waals surface area contributed by atoms with E-state index in [0.29, 0.717) is 17.6 Å². The van der Waals surface area contributed by atoms with Crippen molar-refractivity contribution in [1.29, 1.82) is 0 Å². The molecule has 1 aliphatic heterocycles. The van der Waals surface area contributed by atoms with Gasteiger partial charge in [0.15, 0.2) is 0 Å². The quantitative estimate of drug-likeness (QED) is 0.871. The number of nitrogens with zero attached hydrogens (tertiary/aromatic N) is 1. The first-order valence-corrected chi connectivity index (χ1v) is 9.25. The van der Waals surface area contributed by atoms with Gasteiger partial charge in [0.05, 0.1) is 10.5 Å². The summed E-state index contributed by atoms with van der Waals surface area (Å²) in [5.74, 6) is -0.395. The van der Waals surface area contributed by atoms with Gasteiger partial charge in [0.25, 0.3) is 0 Å². The minimum atomic E-state index is -3.67. The number of carboxylic acid groups (broad SMARTS) is 1. The van der Waals surface area contributed by atoms with Crippen molar-refractivity contribution in [2.75, 3.05) is 18.8 Å². The Morgan fingerprint density at radius 1 is 1.50 bits per heavy atom. The maximum atomic E-state index is 12.6. The van der Waals surface area contributed by atoms with Crippen LogP contribution in [0.25, 0.3) is 0 Å². The number of sulfonamides is 1. The summed E-state index contributed by atoms with van der Waals surface area (Å²) >= 11 is 4.93. The van der Waals surface area contributed by atoms with Crippen molar-refractivity contribution in [2.24, 2.45) is 0 Å². The lowest BCUT2D eigenvalue weighted by atomic mass is 10.2. The number of rotatable bonds is 3. The van der Waals surface area contributed by atoms with E-state index in [1.807, 2.05) is 6.92 Å². The van der Waals surface area contributed by atoms with E-state index in [0.717, 1.165) is 5.75 Å². The van der Waals surface area contributed by atoms with Crippen LogP contribution in [0, 0.1) is 0 Å². The van der Waals surface area contributed by atoms with Crippen LogP contribution in [0.4, 0.5) is 0 Å². The summed E-state index contributed by atoms with van der Waals surface area (Å²) < 4.78 is 27.0. The molecule has 1 N–H and O–H groups in total. The van der Waals surface area contributed by atoms with E-state index in [2.05, 4.69) is 15.9 Å². The van der Waals surface area contributed by atoms with Gasteiger partial charge < -0.3 is 5.11 Å². The molecule has 1 atom stereocenters. The van der Waals surface area contributed by atoms with Crippen molar-refractivity contribution in [3.05, 3.63) is 28.2 Å². The number of carboxylic acids is 1. The molecule has 0 spiro atoms. The van der Waals surface area contributed by atoms with E-state index in [4.69, 9.17) is 5.11 Å². The summed E-state index contributed by atoms with van der Waals surface area (Å²) in [6.45, 7) is 2.87. The Kier molecular flexibility index (Phi) is 4.78. The predicted octanol–water partition coefficient (Wildman–Crippen LogP) is 2.27. The zero-order chi connectivity index (χ0) is 14.9. The van der Waals surface area contributed by atoms with Crippen LogP contribution in [0.2, 0.25) is 0 Å². The third-order valence-electron chi connectivity index (χ3n) is 3.00. The topological polar surface area (TPSA) is 74.7 Å². The molecule has 1 aliphatic rings. The SMILES string of the molecule is CC1CN(S(=O)(=O)c2cc(C(=O)O)ccc2Br)CCS1. The van der Waals surface area contributed by atoms with Crippen molar-refractivity contribution < 1.29 is 18.3 Å². The van der Waals surface area contributed by atoms with Crippen LogP contribution in [0.15, 0.2) is 27.6 Å². The number of halogens is 1. The average Bonchev–Trinajstić information content (AvgIpc) is 2.38. The summed E-state index contributed by atoms with van der Waals surface area (Å²) in [5.41, 5.74) is -0.0359. The first kappa shape index (κ1) is 15.8. The van der Waals surface area contributed by atoms with Gasteiger partial charge in [-0.05, 0) is 34.1 Å². The van der Waals surface area contributed by atoms with E-state index >= 15 is 0 Å². The van der Waals surface area contributed by atoms with Gasteiger partial charge in [-0.15, -0.1) is 0 Å². The number of carbonyl (C=O) groups is 1. The van der Waals surface area contributed by atoms with Crippen molar-refractivity contribution in [3.8, 4) is 0 Å². The summed E-state index contributed by atoms with van der Waals surface area (Å²) in [5, 5.41) is 9.23. The lowest BCUT2D eigenvalue weighted by molar-refractivity contribution is 0.0696. The van der Waals surface area contributed by atoms with Gasteiger partial charge in [-0.1, -0.05) is 6.92 Å². The molecule has 0 radical (unpaired) electrons. The molecule has 0 aromatic heterocycles. The van der Waals surface area contributed by atoms with E-state index < -0.39 is 16.0 Å². The Bertz CT molecular complexity index is 632. The molecule has 1 fully saturated rings. The van der Waals surface area contributed by atoms with Gasteiger partial charge in [0, 0.05) is 28.6 Å². The Balaban J connectivity index is 2.43. The first-order valence-electron chi connectivity index (χ1n) is 5.97. The van der Waals surface area contributed by atoms with Crippen LogP contribution < -0.4 is 0 Å². The van der Waals surface area contributed by atoms with Gasteiger partial charge in [-0.3, -0.25) is 0 Å². The van der Waals surface area contributed by atoms with Crippen molar-refractivity contribution in [2.45, 2.75) is 17.1 Å². The Hall–Kier alpha value is -0.570. The molecular weight excluding hydrogens is 366 g/mol. The average molecular weight is 380 g/mol. The van der Waals surface area contributed by atoms with Crippen LogP contribution in [0.3, 0.4) is 0 Å². The molecular formula is C12H14BrNO4S2. The molecule has 2 rings (SSSR count). The van der Waals surface area contributed by atoms with Crippen LogP contribution in [0.5, 0.6) is 0 Å². The fourth-order valence-corrected chi connectivity index (χ4v) is 5.68. The second-order valence-electron chi connectivity index (χ2n) is 4.49. The normalized spacial score (nSPS) is 20.8. The number of thioether (sulfide) groups is 1. The molecule has 110 valence electrons. The Labute approximate surface area is 130 Å². The number of hydrogen-bond donors (Lipinski definition) is 1. The van der Waals surface area contributed by atoms with E-state index in [9.17, 15) is 13.2 Å². The Morgan fingerprint density at radius 2 is 2.20 bits per heavy atom. The van der Waals surface area contributed by atoms with Crippen LogP contribution in [0.1, 0.15) is 17.3 Å². The third kappa shape index (κ3) is 3.19. The molecule has 0 amide bonds. The highest BCUT2D eigenvalue weighted by Crippen LogP contribution is 2.29. The molecule has 1 unspecified atom stereocenters. The molecule has 20 heavy (non-hydrogen) atoms. The molecule has 5 nitrogen and oxygen atoms in total. The Morgan fingerprint density at radius 3 is 2.80 bits per heavy atom. The van der Waals surface area contributed by atoms with E-state index in [1.54, 1.807) is 11.8 Å². The summed E-state index contributed by atoms with van der Waals surface area (Å²) in [6, 6.07) is 4.03. The summed E-state index contributed by atoms with van der Waals surface area (Å²) in [6.07, 6.45) is 0. The fraction of sp³-hybridized carbons (Fsp3) is 0.417. The van der Waals surface area contributed by atoms with Gasteiger partial charge in [0.1, 0.15) is 0 Å². The monoisotopic (exact) mass is 379 g/mol. The smallest absolute Gasteiger partial charge is 0.335 e. The van der Waals surface area contributed by atoms with E-state index in [1.165, 1.54) is 22.5 Å². The maximum absolute atomic E-state index is 12.6. The third-order valence-corrected chi connectivity index (χ3v) is 7.00. The van der Waals surface area contributed by atoms with Gasteiger partial charge >= 0.3 is 5.97 Å². The zero-order valence-electron chi connectivity index (χ0n) is 10.7. The predicted molar refractivity (Wildman–Crippen MR) is 81.8 cm³/mol. The highest BCUT2D eigenvalue weighted by Gasteiger charge is 2.30. The van der Waals surface area contributed by atoms with Crippen molar-refractivity contribution >= 4 is 43.7 Å². The largest absolute Gasteiger partial charge is 0.478 e. The molecule has 1 heterocycles. The minimum absolute atomic E-state index is 0.0106. The van der Waals surface area contributed by atoms with E-state index in [-0.39, 0.29) is 15.7 Å². The standard InChI is InChI=1S/C12H14BrNO4S2/c1-8-7-14(4-5-19-8)20(17,18)11-6-9(12(15)16)2-3-10(11)13/h2-3,6,8H,4-5,7H2,1H3,(H,15,16). The lowest BCUT2D eigenvalue weighted by Gasteiger charge is -2.30. The molecule has 1 saturated heterocycles. The maximum Gasteiger partial charge on any atom is 0.335 e. The highest BCUT2D eigenvalue weighted by molar-refractivity contribution is 9.10. The molecule has 8 heteroatoms.